The SMILES string of the molecule is CCC(C)(CC)Nc1nc2ccc(C)cn2n1. The molecule has 4 heteroatoms. The maximum atomic E-state index is 4.48. The molecule has 0 unspecified atom stereocenters. The molecular weight excluding hydrogens is 212 g/mol. The summed E-state index contributed by atoms with van der Waals surface area (Å²) in [6, 6.07) is 4.04. The summed E-state index contributed by atoms with van der Waals surface area (Å²) in [6.45, 7) is 8.60. The predicted octanol–water partition coefficient (Wildman–Crippen LogP) is 3.03. The molecule has 2 aromatic rings. The van der Waals surface area contributed by atoms with E-state index in [4.69, 9.17) is 0 Å². The average molecular weight is 232 g/mol. The highest BCUT2D eigenvalue weighted by Crippen LogP contribution is 2.19. The van der Waals surface area contributed by atoms with Crippen LogP contribution in [0.2, 0.25) is 0 Å². The monoisotopic (exact) mass is 232 g/mol. The van der Waals surface area contributed by atoms with Crippen LogP contribution in [0.5, 0.6) is 0 Å². The van der Waals surface area contributed by atoms with E-state index in [1.165, 1.54) is 5.56 Å². The molecule has 0 atom stereocenters. The molecule has 4 nitrogen and oxygen atoms in total. The molecule has 0 amide bonds. The van der Waals surface area contributed by atoms with Crippen molar-refractivity contribution in [2.75, 3.05) is 5.32 Å². The van der Waals surface area contributed by atoms with Crippen LogP contribution < -0.4 is 5.32 Å². The molecule has 0 aromatic carbocycles. The fraction of sp³-hybridized carbons (Fsp3) is 0.538. The zero-order valence-corrected chi connectivity index (χ0v) is 11.0. The van der Waals surface area contributed by atoms with E-state index < -0.39 is 0 Å². The number of anilines is 1. The largest absolute Gasteiger partial charge is 0.348 e. The van der Waals surface area contributed by atoms with E-state index >= 15 is 0 Å². The minimum Gasteiger partial charge on any atom is -0.348 e. The van der Waals surface area contributed by atoms with Gasteiger partial charge in [0.15, 0.2) is 5.65 Å². The first-order chi connectivity index (χ1) is 8.06. The summed E-state index contributed by atoms with van der Waals surface area (Å²) in [5, 5.41) is 7.87. The molecule has 2 heterocycles. The summed E-state index contributed by atoms with van der Waals surface area (Å²) in [4.78, 5) is 4.48. The van der Waals surface area contributed by atoms with E-state index in [1.807, 2.05) is 22.8 Å². The van der Waals surface area contributed by atoms with E-state index in [2.05, 4.69) is 43.1 Å². The van der Waals surface area contributed by atoms with Gasteiger partial charge in [-0.05, 0) is 38.3 Å². The molecule has 1 N–H and O–H groups in total. The number of pyridine rings is 1. The molecule has 0 radical (unpaired) electrons. The van der Waals surface area contributed by atoms with Crippen LogP contribution in [-0.2, 0) is 0 Å². The van der Waals surface area contributed by atoms with E-state index in [0.29, 0.717) is 5.95 Å². The highest BCUT2D eigenvalue weighted by molar-refractivity contribution is 5.45. The van der Waals surface area contributed by atoms with Crippen molar-refractivity contribution in [2.24, 2.45) is 0 Å². The van der Waals surface area contributed by atoms with Crippen LogP contribution in [-0.4, -0.2) is 20.1 Å². The third kappa shape index (κ3) is 2.40. The van der Waals surface area contributed by atoms with E-state index in [-0.39, 0.29) is 5.54 Å². The maximum absolute atomic E-state index is 4.48. The number of hydrogen-bond donors (Lipinski definition) is 1. The number of aromatic nitrogens is 3. The second-order valence-corrected chi connectivity index (χ2v) is 4.84. The fourth-order valence-corrected chi connectivity index (χ4v) is 1.74. The van der Waals surface area contributed by atoms with Gasteiger partial charge >= 0.3 is 0 Å². The summed E-state index contributed by atoms with van der Waals surface area (Å²) >= 11 is 0. The lowest BCUT2D eigenvalue weighted by atomic mass is 9.96. The van der Waals surface area contributed by atoms with Gasteiger partial charge in [-0.15, -0.1) is 5.10 Å². The lowest BCUT2D eigenvalue weighted by Gasteiger charge is -2.27. The number of hydrogen-bond acceptors (Lipinski definition) is 3. The molecule has 17 heavy (non-hydrogen) atoms. The van der Waals surface area contributed by atoms with Gasteiger partial charge in [-0.25, -0.2) is 4.52 Å². The second kappa shape index (κ2) is 4.35. The Labute approximate surface area is 102 Å². The van der Waals surface area contributed by atoms with Crippen molar-refractivity contribution in [3.63, 3.8) is 0 Å². The Morgan fingerprint density at radius 2 is 2.00 bits per heavy atom. The Morgan fingerprint density at radius 3 is 2.65 bits per heavy atom. The molecule has 0 bridgehead atoms. The van der Waals surface area contributed by atoms with Gasteiger partial charge in [0.1, 0.15) is 0 Å². The van der Waals surface area contributed by atoms with Crippen molar-refractivity contribution in [1.82, 2.24) is 14.6 Å². The van der Waals surface area contributed by atoms with Crippen molar-refractivity contribution in [1.29, 1.82) is 0 Å². The summed E-state index contributed by atoms with van der Waals surface area (Å²) in [5.41, 5.74) is 2.13. The minimum absolute atomic E-state index is 0.0694. The Kier molecular flexibility index (Phi) is 3.05. The molecule has 0 saturated carbocycles. The maximum Gasteiger partial charge on any atom is 0.243 e. The number of nitrogens with zero attached hydrogens (tertiary/aromatic N) is 3. The highest BCUT2D eigenvalue weighted by atomic mass is 15.4. The van der Waals surface area contributed by atoms with Gasteiger partial charge in [0, 0.05) is 11.7 Å². The van der Waals surface area contributed by atoms with Crippen molar-refractivity contribution < 1.29 is 0 Å². The van der Waals surface area contributed by atoms with Crippen molar-refractivity contribution >= 4 is 11.6 Å². The van der Waals surface area contributed by atoms with Crippen LogP contribution >= 0.6 is 0 Å². The first kappa shape index (κ1) is 11.9. The standard InChI is InChI=1S/C13H20N4/c1-5-13(4,6-2)15-12-14-11-8-7-10(3)9-17(11)16-12/h7-9H,5-6H2,1-4H3,(H,15,16). The highest BCUT2D eigenvalue weighted by Gasteiger charge is 2.20. The zero-order chi connectivity index (χ0) is 12.5. The summed E-state index contributed by atoms with van der Waals surface area (Å²) in [6.07, 6.45) is 4.10. The molecule has 92 valence electrons. The quantitative estimate of drug-likeness (QED) is 0.881. The molecular formula is C13H20N4. The minimum atomic E-state index is 0.0694. The molecule has 2 rings (SSSR count). The van der Waals surface area contributed by atoms with Crippen LogP contribution in [0.4, 0.5) is 5.95 Å². The molecule has 0 saturated heterocycles. The fourth-order valence-electron chi connectivity index (χ4n) is 1.74. The van der Waals surface area contributed by atoms with Crippen LogP contribution in [0.25, 0.3) is 5.65 Å². The Bertz CT molecular complexity index is 511. The first-order valence-corrected chi connectivity index (χ1v) is 6.17. The Morgan fingerprint density at radius 1 is 1.29 bits per heavy atom. The molecule has 0 spiro atoms. The molecule has 2 aromatic heterocycles. The average Bonchev–Trinajstić information content (AvgIpc) is 2.70. The van der Waals surface area contributed by atoms with Gasteiger partial charge in [0.25, 0.3) is 0 Å². The van der Waals surface area contributed by atoms with Gasteiger partial charge in [-0.1, -0.05) is 19.9 Å². The van der Waals surface area contributed by atoms with Crippen LogP contribution in [0.15, 0.2) is 18.3 Å². The van der Waals surface area contributed by atoms with E-state index in [1.54, 1.807) is 0 Å². The number of fused-ring (bicyclic) bond motifs is 1. The van der Waals surface area contributed by atoms with Crippen molar-refractivity contribution in [3.8, 4) is 0 Å². The lowest BCUT2D eigenvalue weighted by molar-refractivity contribution is 0.474. The normalized spacial score (nSPS) is 12.0. The van der Waals surface area contributed by atoms with E-state index in [0.717, 1.165) is 18.5 Å². The molecule has 0 aliphatic carbocycles. The molecule has 0 aliphatic heterocycles. The number of aryl methyl sites for hydroxylation is 1. The van der Waals surface area contributed by atoms with E-state index in [9.17, 15) is 0 Å². The van der Waals surface area contributed by atoms with Crippen molar-refractivity contribution in [3.05, 3.63) is 23.9 Å². The lowest BCUT2D eigenvalue weighted by Crippen LogP contribution is -2.33. The third-order valence-electron chi connectivity index (χ3n) is 3.45. The predicted molar refractivity (Wildman–Crippen MR) is 70.3 cm³/mol. The summed E-state index contributed by atoms with van der Waals surface area (Å²) in [5.74, 6) is 0.710. The van der Waals surface area contributed by atoms with Crippen molar-refractivity contribution in [2.45, 2.75) is 46.1 Å². The Hall–Kier alpha value is -1.58. The van der Waals surface area contributed by atoms with Crippen LogP contribution in [0.3, 0.4) is 0 Å². The zero-order valence-electron chi connectivity index (χ0n) is 11.0. The van der Waals surface area contributed by atoms with Gasteiger partial charge in [-0.2, -0.15) is 4.98 Å². The van der Waals surface area contributed by atoms with Crippen LogP contribution in [0, 0.1) is 6.92 Å². The first-order valence-electron chi connectivity index (χ1n) is 6.17. The third-order valence-corrected chi connectivity index (χ3v) is 3.45. The number of nitrogens with one attached hydrogen (secondary N) is 1. The van der Waals surface area contributed by atoms with Gasteiger partial charge in [0.2, 0.25) is 5.95 Å². The number of rotatable bonds is 4. The Balaban J connectivity index is 2.31. The topological polar surface area (TPSA) is 42.2 Å². The van der Waals surface area contributed by atoms with Gasteiger partial charge in [0.05, 0.1) is 0 Å². The smallest absolute Gasteiger partial charge is 0.243 e. The summed E-state index contributed by atoms with van der Waals surface area (Å²) in [7, 11) is 0. The molecule has 0 aliphatic rings. The second-order valence-electron chi connectivity index (χ2n) is 4.84. The van der Waals surface area contributed by atoms with Gasteiger partial charge < -0.3 is 5.32 Å². The van der Waals surface area contributed by atoms with Gasteiger partial charge in [-0.3, -0.25) is 0 Å². The summed E-state index contributed by atoms with van der Waals surface area (Å²) < 4.78 is 1.82. The molecule has 0 fully saturated rings. The van der Waals surface area contributed by atoms with Crippen LogP contribution in [0.1, 0.15) is 39.2 Å².